The summed E-state index contributed by atoms with van der Waals surface area (Å²) in [7, 11) is 0. The van der Waals surface area contributed by atoms with Gasteiger partial charge >= 0.3 is 0 Å². The molecule has 0 bridgehead atoms. The summed E-state index contributed by atoms with van der Waals surface area (Å²) in [4.78, 5) is 9.12. The van der Waals surface area contributed by atoms with Crippen LogP contribution in [0, 0.1) is 12.8 Å². The van der Waals surface area contributed by atoms with E-state index in [0.29, 0.717) is 17.6 Å². The van der Waals surface area contributed by atoms with Crippen LogP contribution in [0.1, 0.15) is 11.5 Å². The largest absolute Gasteiger partial charge is 0.339 e. The molecule has 5 heteroatoms. The zero-order chi connectivity index (χ0) is 14.2. The molecule has 0 atom stereocenters. The SMILES string of the molecule is Cc1cc(-c2noc(CC3CNC3)n2)nc2ccccc12. The van der Waals surface area contributed by atoms with Gasteiger partial charge in [-0.1, -0.05) is 23.4 Å². The molecule has 0 unspecified atom stereocenters. The zero-order valence-corrected chi connectivity index (χ0v) is 11.8. The topological polar surface area (TPSA) is 63.8 Å². The lowest BCUT2D eigenvalue weighted by Crippen LogP contribution is -2.43. The van der Waals surface area contributed by atoms with Gasteiger partial charge in [-0.25, -0.2) is 4.98 Å². The van der Waals surface area contributed by atoms with E-state index in [1.165, 1.54) is 5.56 Å². The summed E-state index contributed by atoms with van der Waals surface area (Å²) in [5, 5.41) is 8.48. The van der Waals surface area contributed by atoms with Gasteiger partial charge < -0.3 is 9.84 Å². The predicted octanol–water partition coefficient (Wildman–Crippen LogP) is 2.36. The maximum absolute atomic E-state index is 5.35. The summed E-state index contributed by atoms with van der Waals surface area (Å²) in [5.74, 6) is 1.89. The van der Waals surface area contributed by atoms with E-state index >= 15 is 0 Å². The average Bonchev–Trinajstić information content (AvgIpc) is 2.92. The highest BCUT2D eigenvalue weighted by Gasteiger charge is 2.21. The number of hydrogen-bond acceptors (Lipinski definition) is 5. The first-order valence-corrected chi connectivity index (χ1v) is 7.19. The van der Waals surface area contributed by atoms with Crippen molar-refractivity contribution in [3.8, 4) is 11.5 Å². The molecule has 21 heavy (non-hydrogen) atoms. The first-order chi connectivity index (χ1) is 10.3. The molecule has 1 aromatic carbocycles. The minimum atomic E-state index is 0.575. The van der Waals surface area contributed by atoms with Crippen LogP contribution in [0.4, 0.5) is 0 Å². The fourth-order valence-electron chi connectivity index (χ4n) is 2.65. The smallest absolute Gasteiger partial charge is 0.227 e. The van der Waals surface area contributed by atoms with Crippen LogP contribution in [0.5, 0.6) is 0 Å². The van der Waals surface area contributed by atoms with Crippen molar-refractivity contribution >= 4 is 10.9 Å². The van der Waals surface area contributed by atoms with Crippen molar-refractivity contribution in [2.24, 2.45) is 5.92 Å². The molecule has 0 radical (unpaired) electrons. The van der Waals surface area contributed by atoms with E-state index in [9.17, 15) is 0 Å². The Kier molecular flexibility index (Phi) is 2.93. The van der Waals surface area contributed by atoms with Crippen LogP contribution in [-0.2, 0) is 6.42 Å². The van der Waals surface area contributed by atoms with E-state index in [0.717, 1.165) is 36.1 Å². The lowest BCUT2D eigenvalue weighted by molar-refractivity contribution is 0.296. The highest BCUT2D eigenvalue weighted by atomic mass is 16.5. The number of fused-ring (bicyclic) bond motifs is 1. The number of nitrogens with zero attached hydrogens (tertiary/aromatic N) is 3. The second-order valence-corrected chi connectivity index (χ2v) is 5.58. The van der Waals surface area contributed by atoms with Crippen LogP contribution in [0.15, 0.2) is 34.9 Å². The second kappa shape index (κ2) is 4.93. The lowest BCUT2D eigenvalue weighted by Gasteiger charge is -2.25. The van der Waals surface area contributed by atoms with Gasteiger partial charge in [0.1, 0.15) is 5.69 Å². The van der Waals surface area contributed by atoms with Gasteiger partial charge in [-0.15, -0.1) is 0 Å². The van der Waals surface area contributed by atoms with Gasteiger partial charge in [-0.3, -0.25) is 0 Å². The number of nitrogens with one attached hydrogen (secondary N) is 1. The quantitative estimate of drug-likeness (QED) is 0.798. The summed E-state index contributed by atoms with van der Waals surface area (Å²) in [6.07, 6.45) is 0.840. The first kappa shape index (κ1) is 12.5. The molecule has 3 heterocycles. The van der Waals surface area contributed by atoms with E-state index in [1.807, 2.05) is 24.3 Å². The number of pyridine rings is 1. The Morgan fingerprint density at radius 1 is 1.24 bits per heavy atom. The third-order valence-electron chi connectivity index (χ3n) is 3.95. The van der Waals surface area contributed by atoms with Gasteiger partial charge in [-0.05, 0) is 43.6 Å². The molecule has 5 nitrogen and oxygen atoms in total. The number of rotatable bonds is 3. The van der Waals surface area contributed by atoms with E-state index in [2.05, 4.69) is 33.4 Å². The van der Waals surface area contributed by atoms with Crippen molar-refractivity contribution in [3.63, 3.8) is 0 Å². The number of aryl methyl sites for hydroxylation is 1. The summed E-state index contributed by atoms with van der Waals surface area (Å²) in [5.41, 5.74) is 2.90. The Morgan fingerprint density at radius 2 is 2.10 bits per heavy atom. The van der Waals surface area contributed by atoms with Crippen LogP contribution in [-0.4, -0.2) is 28.2 Å². The Hall–Kier alpha value is -2.27. The molecule has 0 amide bonds. The molecule has 0 spiro atoms. The molecule has 0 saturated carbocycles. The number of benzene rings is 1. The van der Waals surface area contributed by atoms with Crippen LogP contribution in [0.2, 0.25) is 0 Å². The molecule has 1 aliphatic rings. The molecule has 1 aliphatic heterocycles. The van der Waals surface area contributed by atoms with Crippen molar-refractivity contribution in [1.82, 2.24) is 20.4 Å². The highest BCUT2D eigenvalue weighted by molar-refractivity contribution is 5.84. The van der Waals surface area contributed by atoms with Crippen LogP contribution in [0.3, 0.4) is 0 Å². The van der Waals surface area contributed by atoms with Crippen molar-refractivity contribution in [3.05, 3.63) is 41.8 Å². The van der Waals surface area contributed by atoms with Crippen molar-refractivity contribution in [1.29, 1.82) is 0 Å². The Morgan fingerprint density at radius 3 is 2.90 bits per heavy atom. The standard InChI is InChI=1S/C16H16N4O/c1-10-6-14(18-13-5-3-2-4-12(10)13)16-19-15(21-20-16)7-11-8-17-9-11/h2-6,11,17H,7-9H2,1H3. The summed E-state index contributed by atoms with van der Waals surface area (Å²) < 4.78 is 5.35. The summed E-state index contributed by atoms with van der Waals surface area (Å²) in [6.45, 7) is 4.14. The Balaban J connectivity index is 1.69. The molecule has 1 N–H and O–H groups in total. The maximum atomic E-state index is 5.35. The Bertz CT molecular complexity index is 792. The van der Waals surface area contributed by atoms with Gasteiger partial charge in [0.05, 0.1) is 5.52 Å². The van der Waals surface area contributed by atoms with Gasteiger partial charge in [-0.2, -0.15) is 4.98 Å². The van der Waals surface area contributed by atoms with Gasteiger partial charge in [0.2, 0.25) is 11.7 Å². The number of aromatic nitrogens is 3. The molecular weight excluding hydrogens is 264 g/mol. The van der Waals surface area contributed by atoms with Gasteiger partial charge in [0.15, 0.2) is 0 Å². The summed E-state index contributed by atoms with van der Waals surface area (Å²) >= 11 is 0. The molecule has 1 saturated heterocycles. The maximum Gasteiger partial charge on any atom is 0.227 e. The van der Waals surface area contributed by atoms with Gasteiger partial charge in [0, 0.05) is 11.8 Å². The molecule has 0 aliphatic carbocycles. The number of para-hydroxylation sites is 1. The lowest BCUT2D eigenvalue weighted by atomic mass is 10.00. The third-order valence-corrected chi connectivity index (χ3v) is 3.95. The average molecular weight is 280 g/mol. The second-order valence-electron chi connectivity index (χ2n) is 5.58. The highest BCUT2D eigenvalue weighted by Crippen LogP contribution is 2.23. The Labute approximate surface area is 122 Å². The molecule has 106 valence electrons. The molecule has 4 rings (SSSR count). The fraction of sp³-hybridized carbons (Fsp3) is 0.312. The molecular formula is C16H16N4O. The van der Waals surface area contributed by atoms with Crippen LogP contribution < -0.4 is 5.32 Å². The zero-order valence-electron chi connectivity index (χ0n) is 11.8. The minimum Gasteiger partial charge on any atom is -0.339 e. The normalized spacial score (nSPS) is 15.3. The molecule has 2 aromatic heterocycles. The minimum absolute atomic E-state index is 0.575. The monoisotopic (exact) mass is 280 g/mol. The molecule has 3 aromatic rings. The fourth-order valence-corrected chi connectivity index (χ4v) is 2.65. The van der Waals surface area contributed by atoms with Gasteiger partial charge in [0.25, 0.3) is 0 Å². The molecule has 1 fully saturated rings. The van der Waals surface area contributed by atoms with Crippen molar-refractivity contribution in [2.75, 3.05) is 13.1 Å². The number of hydrogen-bond donors (Lipinski definition) is 1. The van der Waals surface area contributed by atoms with E-state index in [1.54, 1.807) is 0 Å². The van der Waals surface area contributed by atoms with E-state index in [-0.39, 0.29) is 0 Å². The predicted molar refractivity (Wildman–Crippen MR) is 79.8 cm³/mol. The van der Waals surface area contributed by atoms with Crippen molar-refractivity contribution < 1.29 is 4.52 Å². The van der Waals surface area contributed by atoms with Crippen molar-refractivity contribution in [2.45, 2.75) is 13.3 Å². The first-order valence-electron chi connectivity index (χ1n) is 7.19. The van der Waals surface area contributed by atoms with E-state index < -0.39 is 0 Å². The van der Waals surface area contributed by atoms with E-state index in [4.69, 9.17) is 4.52 Å². The van der Waals surface area contributed by atoms with Crippen LogP contribution >= 0.6 is 0 Å². The third kappa shape index (κ3) is 2.29. The van der Waals surface area contributed by atoms with Crippen LogP contribution in [0.25, 0.3) is 22.4 Å². The summed E-state index contributed by atoms with van der Waals surface area (Å²) in [6, 6.07) is 10.1.